The normalized spacial score (nSPS) is 10.9. The zero-order chi connectivity index (χ0) is 20.5. The Labute approximate surface area is 165 Å². The van der Waals surface area contributed by atoms with Gasteiger partial charge in [0.1, 0.15) is 17.4 Å². The molecule has 0 atom stereocenters. The van der Waals surface area contributed by atoms with Gasteiger partial charge in [0.15, 0.2) is 11.5 Å². The summed E-state index contributed by atoms with van der Waals surface area (Å²) in [5.74, 6) is 1.22. The summed E-state index contributed by atoms with van der Waals surface area (Å²) in [6.07, 6.45) is 1.40. The lowest BCUT2D eigenvalue weighted by molar-refractivity contribution is -0.112. The lowest BCUT2D eigenvalue weighted by Crippen LogP contribution is -2.13. The number of methoxy groups -OCH3 is 1. The number of nitrogens with zero attached hydrogens (tertiary/aromatic N) is 1. The summed E-state index contributed by atoms with van der Waals surface area (Å²) in [4.78, 5) is 12.5. The third-order valence-corrected chi connectivity index (χ3v) is 3.67. The molecule has 0 aromatic heterocycles. The van der Waals surface area contributed by atoms with Crippen LogP contribution in [0.2, 0.25) is 0 Å². The molecule has 0 aliphatic heterocycles. The summed E-state index contributed by atoms with van der Waals surface area (Å²) < 4.78 is 16.5. The minimum absolute atomic E-state index is 0.0456. The highest BCUT2D eigenvalue weighted by Crippen LogP contribution is 2.33. The Balaban J connectivity index is 2.28. The van der Waals surface area contributed by atoms with Crippen LogP contribution in [-0.4, -0.2) is 25.7 Å². The van der Waals surface area contributed by atoms with Gasteiger partial charge in [0.25, 0.3) is 5.91 Å². The maximum Gasteiger partial charge on any atom is 0.266 e. The molecule has 0 saturated carbocycles. The highest BCUT2D eigenvalue weighted by atomic mass is 16.5. The zero-order valence-corrected chi connectivity index (χ0v) is 16.5. The number of para-hydroxylation sites is 1. The third-order valence-electron chi connectivity index (χ3n) is 3.67. The van der Waals surface area contributed by atoms with Gasteiger partial charge in [-0.2, -0.15) is 5.26 Å². The minimum atomic E-state index is -0.509. The lowest BCUT2D eigenvalue weighted by atomic mass is 10.1. The molecule has 0 saturated heterocycles. The van der Waals surface area contributed by atoms with E-state index in [1.54, 1.807) is 49.6 Å². The Hall–Kier alpha value is -3.46. The van der Waals surface area contributed by atoms with Crippen molar-refractivity contribution in [3.05, 3.63) is 53.6 Å². The number of benzene rings is 2. The standard InChI is InChI=1S/C22H24N2O4/c1-5-27-19-11-9-18(10-12-19)24-22(25)17(14-23)13-16-7-6-8-20(26-4)21(16)28-15(2)3/h6-13,15H,5H2,1-4H3,(H,24,25)/b17-13-. The van der Waals surface area contributed by atoms with E-state index in [9.17, 15) is 10.1 Å². The summed E-state index contributed by atoms with van der Waals surface area (Å²) in [5.41, 5.74) is 1.11. The number of hydrogen-bond acceptors (Lipinski definition) is 5. The van der Waals surface area contributed by atoms with Crippen molar-refractivity contribution in [2.45, 2.75) is 26.9 Å². The Morgan fingerprint density at radius 2 is 1.93 bits per heavy atom. The second-order valence-electron chi connectivity index (χ2n) is 6.13. The second kappa shape index (κ2) is 10.0. The Bertz CT molecular complexity index is 880. The van der Waals surface area contributed by atoms with Gasteiger partial charge in [-0.25, -0.2) is 0 Å². The lowest BCUT2D eigenvalue weighted by Gasteiger charge is -2.16. The maximum atomic E-state index is 12.5. The van der Waals surface area contributed by atoms with E-state index in [1.807, 2.05) is 26.8 Å². The average Bonchev–Trinajstić information content (AvgIpc) is 2.68. The molecule has 2 aromatic carbocycles. The fourth-order valence-corrected chi connectivity index (χ4v) is 2.47. The van der Waals surface area contributed by atoms with E-state index in [0.29, 0.717) is 35.1 Å². The van der Waals surface area contributed by atoms with E-state index < -0.39 is 5.91 Å². The van der Waals surface area contributed by atoms with Crippen LogP contribution < -0.4 is 19.5 Å². The van der Waals surface area contributed by atoms with E-state index in [1.165, 1.54) is 6.08 Å². The Kier molecular flexibility index (Phi) is 7.46. The van der Waals surface area contributed by atoms with Crippen molar-refractivity contribution in [1.29, 1.82) is 5.26 Å². The van der Waals surface area contributed by atoms with Crippen molar-refractivity contribution in [2.75, 3.05) is 19.0 Å². The van der Waals surface area contributed by atoms with Gasteiger partial charge in [-0.3, -0.25) is 4.79 Å². The number of nitrogens with one attached hydrogen (secondary N) is 1. The Morgan fingerprint density at radius 1 is 1.21 bits per heavy atom. The molecule has 0 aliphatic carbocycles. The van der Waals surface area contributed by atoms with Gasteiger partial charge in [-0.15, -0.1) is 0 Å². The third kappa shape index (κ3) is 5.52. The van der Waals surface area contributed by atoms with Crippen LogP contribution in [-0.2, 0) is 4.79 Å². The Morgan fingerprint density at radius 3 is 2.50 bits per heavy atom. The molecule has 2 aromatic rings. The molecular formula is C22H24N2O4. The van der Waals surface area contributed by atoms with Crippen LogP contribution in [0.25, 0.3) is 6.08 Å². The molecular weight excluding hydrogens is 356 g/mol. The molecule has 2 rings (SSSR count). The molecule has 1 N–H and O–H groups in total. The summed E-state index contributed by atoms with van der Waals surface area (Å²) in [6, 6.07) is 14.2. The molecule has 0 spiro atoms. The summed E-state index contributed by atoms with van der Waals surface area (Å²) in [6.45, 7) is 6.25. The van der Waals surface area contributed by atoms with Crippen LogP contribution in [0.5, 0.6) is 17.2 Å². The van der Waals surface area contributed by atoms with Gasteiger partial charge in [0, 0.05) is 11.3 Å². The topological polar surface area (TPSA) is 80.6 Å². The molecule has 0 unspecified atom stereocenters. The molecule has 0 bridgehead atoms. The van der Waals surface area contributed by atoms with Gasteiger partial charge in [0.2, 0.25) is 0 Å². The van der Waals surface area contributed by atoms with Crippen LogP contribution in [0.1, 0.15) is 26.3 Å². The number of carbonyl (C=O) groups is 1. The quantitative estimate of drug-likeness (QED) is 0.541. The number of carbonyl (C=O) groups excluding carboxylic acids is 1. The molecule has 146 valence electrons. The first-order valence-corrected chi connectivity index (χ1v) is 8.98. The first-order valence-electron chi connectivity index (χ1n) is 8.98. The predicted molar refractivity (Wildman–Crippen MR) is 109 cm³/mol. The molecule has 0 heterocycles. The molecule has 0 fully saturated rings. The summed E-state index contributed by atoms with van der Waals surface area (Å²) in [5, 5.41) is 12.2. The minimum Gasteiger partial charge on any atom is -0.494 e. The zero-order valence-electron chi connectivity index (χ0n) is 16.5. The van der Waals surface area contributed by atoms with Gasteiger partial charge in [-0.05, 0) is 57.2 Å². The average molecular weight is 380 g/mol. The molecule has 28 heavy (non-hydrogen) atoms. The summed E-state index contributed by atoms with van der Waals surface area (Å²) in [7, 11) is 1.54. The first kappa shape index (κ1) is 20.8. The molecule has 0 aliphatic rings. The number of anilines is 1. The fourth-order valence-electron chi connectivity index (χ4n) is 2.47. The van der Waals surface area contributed by atoms with E-state index in [0.717, 1.165) is 0 Å². The van der Waals surface area contributed by atoms with Gasteiger partial charge < -0.3 is 19.5 Å². The van der Waals surface area contributed by atoms with Crippen LogP contribution in [0.15, 0.2) is 48.0 Å². The van der Waals surface area contributed by atoms with Crippen LogP contribution >= 0.6 is 0 Å². The SMILES string of the molecule is CCOc1ccc(NC(=O)/C(C#N)=C\c2cccc(OC)c2OC(C)C)cc1. The monoisotopic (exact) mass is 380 g/mol. The number of ether oxygens (including phenoxy) is 3. The smallest absolute Gasteiger partial charge is 0.266 e. The summed E-state index contributed by atoms with van der Waals surface area (Å²) >= 11 is 0. The second-order valence-corrected chi connectivity index (χ2v) is 6.13. The molecule has 0 radical (unpaired) electrons. The fraction of sp³-hybridized carbons (Fsp3) is 0.273. The van der Waals surface area contributed by atoms with Gasteiger partial charge >= 0.3 is 0 Å². The van der Waals surface area contributed by atoms with Gasteiger partial charge in [0.05, 0.1) is 19.8 Å². The number of rotatable bonds is 8. The van der Waals surface area contributed by atoms with E-state index >= 15 is 0 Å². The molecule has 6 heteroatoms. The van der Waals surface area contributed by atoms with Gasteiger partial charge in [-0.1, -0.05) is 12.1 Å². The largest absolute Gasteiger partial charge is 0.494 e. The van der Waals surface area contributed by atoms with Crippen molar-refractivity contribution < 1.29 is 19.0 Å². The van der Waals surface area contributed by atoms with Crippen LogP contribution in [0.4, 0.5) is 5.69 Å². The predicted octanol–water partition coefficient (Wildman–Crippen LogP) is 4.43. The molecule has 1 amide bonds. The number of hydrogen-bond donors (Lipinski definition) is 1. The number of amides is 1. The van der Waals surface area contributed by atoms with E-state index in [4.69, 9.17) is 14.2 Å². The van der Waals surface area contributed by atoms with Crippen molar-refractivity contribution >= 4 is 17.7 Å². The van der Waals surface area contributed by atoms with Crippen molar-refractivity contribution in [1.82, 2.24) is 0 Å². The van der Waals surface area contributed by atoms with Crippen molar-refractivity contribution in [3.63, 3.8) is 0 Å². The van der Waals surface area contributed by atoms with E-state index in [-0.39, 0.29) is 11.7 Å². The highest BCUT2D eigenvalue weighted by molar-refractivity contribution is 6.09. The van der Waals surface area contributed by atoms with Crippen LogP contribution in [0, 0.1) is 11.3 Å². The first-order chi connectivity index (χ1) is 13.5. The number of nitriles is 1. The van der Waals surface area contributed by atoms with Crippen molar-refractivity contribution in [3.8, 4) is 23.3 Å². The van der Waals surface area contributed by atoms with Crippen LogP contribution in [0.3, 0.4) is 0 Å². The maximum absolute atomic E-state index is 12.5. The molecule has 6 nitrogen and oxygen atoms in total. The van der Waals surface area contributed by atoms with Crippen molar-refractivity contribution in [2.24, 2.45) is 0 Å². The van der Waals surface area contributed by atoms with E-state index in [2.05, 4.69) is 5.32 Å². The highest BCUT2D eigenvalue weighted by Gasteiger charge is 2.15.